The number of hydrogen-bond acceptors (Lipinski definition) is 1. The van der Waals surface area contributed by atoms with Gasteiger partial charge in [-0.1, -0.05) is 26.7 Å². The standard InChI is InChI=1S/C8H19O2P.BrH/c1-3-5-7-11(9,10)8-6-4-2;/h3-8H2,1-2H3,(H,9,10);1H. The van der Waals surface area contributed by atoms with E-state index in [0.29, 0.717) is 12.3 Å². The summed E-state index contributed by atoms with van der Waals surface area (Å²) in [6.45, 7) is 4.08. The minimum atomic E-state index is -2.73. The summed E-state index contributed by atoms with van der Waals surface area (Å²) in [5, 5.41) is 0. The molecule has 0 atom stereocenters. The average molecular weight is 259 g/mol. The minimum absolute atomic E-state index is 0. The summed E-state index contributed by atoms with van der Waals surface area (Å²) < 4.78 is 11.3. The van der Waals surface area contributed by atoms with Gasteiger partial charge in [0.2, 0.25) is 7.37 Å². The normalized spacial score (nSPS) is 10.9. The van der Waals surface area contributed by atoms with Gasteiger partial charge >= 0.3 is 0 Å². The van der Waals surface area contributed by atoms with E-state index >= 15 is 0 Å². The van der Waals surface area contributed by atoms with Crippen molar-refractivity contribution < 1.29 is 9.46 Å². The van der Waals surface area contributed by atoms with E-state index in [9.17, 15) is 9.46 Å². The lowest BCUT2D eigenvalue weighted by atomic mass is 10.4. The van der Waals surface area contributed by atoms with E-state index in [4.69, 9.17) is 0 Å². The number of halogens is 1. The van der Waals surface area contributed by atoms with Crippen LogP contribution in [0.5, 0.6) is 0 Å². The third kappa shape index (κ3) is 8.76. The Morgan fingerprint density at radius 2 is 1.42 bits per heavy atom. The molecule has 0 aromatic rings. The first-order valence-corrected chi connectivity index (χ1v) is 6.46. The number of unbranched alkanes of at least 4 members (excludes halogenated alkanes) is 2. The Balaban J connectivity index is 0. The van der Waals surface area contributed by atoms with Crippen molar-refractivity contribution in [1.82, 2.24) is 0 Å². The highest BCUT2D eigenvalue weighted by Crippen LogP contribution is 2.42. The van der Waals surface area contributed by atoms with Crippen molar-refractivity contribution >= 4 is 24.4 Å². The lowest BCUT2D eigenvalue weighted by Crippen LogP contribution is -1.93. The molecule has 0 aliphatic rings. The molecule has 76 valence electrons. The average Bonchev–Trinajstić information content (AvgIpc) is 1.97. The zero-order valence-corrected chi connectivity index (χ0v) is 10.6. The number of hydrogen-bond donors (Lipinski definition) is 1. The molecule has 0 aliphatic heterocycles. The third-order valence-corrected chi connectivity index (χ3v) is 3.75. The molecular formula is C8H20BrO2P. The third-order valence-electron chi connectivity index (χ3n) is 1.72. The molecule has 0 radical (unpaired) electrons. The van der Waals surface area contributed by atoms with E-state index in [0.717, 1.165) is 25.7 Å². The fourth-order valence-corrected chi connectivity index (χ4v) is 2.77. The molecule has 4 heteroatoms. The Hall–Kier alpha value is 0.670. The SMILES string of the molecule is Br.CCCCP(=O)(O)CCCC. The summed E-state index contributed by atoms with van der Waals surface area (Å²) in [5.41, 5.74) is 0. The van der Waals surface area contributed by atoms with Crippen LogP contribution < -0.4 is 0 Å². The lowest BCUT2D eigenvalue weighted by Gasteiger charge is -2.09. The molecule has 0 bridgehead atoms. The number of rotatable bonds is 6. The van der Waals surface area contributed by atoms with Crippen molar-refractivity contribution in [2.24, 2.45) is 0 Å². The van der Waals surface area contributed by atoms with E-state index in [1.54, 1.807) is 0 Å². The summed E-state index contributed by atoms with van der Waals surface area (Å²) in [5.74, 6) is 0. The molecule has 0 saturated carbocycles. The Bertz CT molecular complexity index is 127. The topological polar surface area (TPSA) is 37.3 Å². The zero-order chi connectivity index (χ0) is 8.74. The van der Waals surface area contributed by atoms with Crippen molar-refractivity contribution in [3.05, 3.63) is 0 Å². The second-order valence-electron chi connectivity index (χ2n) is 3.00. The summed E-state index contributed by atoms with van der Waals surface area (Å²) in [7, 11) is -2.73. The molecule has 12 heavy (non-hydrogen) atoms. The Kier molecular flexibility index (Phi) is 10.5. The highest BCUT2D eigenvalue weighted by molar-refractivity contribution is 8.93. The van der Waals surface area contributed by atoms with Gasteiger partial charge in [0, 0.05) is 12.3 Å². The summed E-state index contributed by atoms with van der Waals surface area (Å²) in [4.78, 5) is 9.33. The van der Waals surface area contributed by atoms with Crippen LogP contribution in [0, 0.1) is 0 Å². The Labute approximate surface area is 86.0 Å². The van der Waals surface area contributed by atoms with Crippen LogP contribution >= 0.6 is 24.4 Å². The maximum Gasteiger partial charge on any atom is 0.200 e. The molecule has 0 aromatic heterocycles. The second kappa shape index (κ2) is 8.28. The van der Waals surface area contributed by atoms with Crippen LogP contribution in [0.25, 0.3) is 0 Å². The van der Waals surface area contributed by atoms with Gasteiger partial charge in [0.25, 0.3) is 0 Å². The molecule has 0 aliphatic carbocycles. The van der Waals surface area contributed by atoms with Crippen LogP contribution in [-0.2, 0) is 4.57 Å². The van der Waals surface area contributed by atoms with Gasteiger partial charge < -0.3 is 4.89 Å². The Morgan fingerprint density at radius 1 is 1.08 bits per heavy atom. The first-order valence-electron chi connectivity index (χ1n) is 4.43. The van der Waals surface area contributed by atoms with Gasteiger partial charge in [-0.25, -0.2) is 0 Å². The maximum atomic E-state index is 11.3. The van der Waals surface area contributed by atoms with E-state index in [-0.39, 0.29) is 17.0 Å². The highest BCUT2D eigenvalue weighted by Gasteiger charge is 2.15. The molecular weight excluding hydrogens is 239 g/mol. The highest BCUT2D eigenvalue weighted by atomic mass is 79.9. The second-order valence-corrected chi connectivity index (χ2v) is 5.59. The van der Waals surface area contributed by atoms with Crippen LogP contribution in [0.4, 0.5) is 0 Å². The van der Waals surface area contributed by atoms with Gasteiger partial charge in [0.15, 0.2) is 0 Å². The Morgan fingerprint density at radius 3 is 1.67 bits per heavy atom. The van der Waals surface area contributed by atoms with Crippen LogP contribution in [-0.4, -0.2) is 17.2 Å². The molecule has 0 aromatic carbocycles. The van der Waals surface area contributed by atoms with Crippen LogP contribution in [0.2, 0.25) is 0 Å². The molecule has 0 spiro atoms. The van der Waals surface area contributed by atoms with Gasteiger partial charge in [-0.05, 0) is 12.8 Å². The summed E-state index contributed by atoms with van der Waals surface area (Å²) in [6, 6.07) is 0. The smallest absolute Gasteiger partial charge is 0.200 e. The summed E-state index contributed by atoms with van der Waals surface area (Å²) in [6.07, 6.45) is 4.83. The van der Waals surface area contributed by atoms with E-state index < -0.39 is 7.37 Å². The molecule has 0 amide bonds. The van der Waals surface area contributed by atoms with Gasteiger partial charge in [-0.15, -0.1) is 17.0 Å². The van der Waals surface area contributed by atoms with Gasteiger partial charge in [-0.2, -0.15) is 0 Å². The molecule has 0 rings (SSSR count). The largest absolute Gasteiger partial charge is 0.344 e. The maximum absolute atomic E-state index is 11.3. The van der Waals surface area contributed by atoms with Gasteiger partial charge in [0.1, 0.15) is 0 Å². The van der Waals surface area contributed by atoms with Gasteiger partial charge in [0.05, 0.1) is 0 Å². The fraction of sp³-hybridized carbons (Fsp3) is 1.00. The first-order chi connectivity index (χ1) is 5.12. The zero-order valence-electron chi connectivity index (χ0n) is 7.95. The van der Waals surface area contributed by atoms with Crippen LogP contribution in [0.3, 0.4) is 0 Å². The molecule has 0 saturated heterocycles. The molecule has 2 nitrogen and oxygen atoms in total. The van der Waals surface area contributed by atoms with E-state index in [2.05, 4.69) is 0 Å². The van der Waals surface area contributed by atoms with Crippen LogP contribution in [0.15, 0.2) is 0 Å². The summed E-state index contributed by atoms with van der Waals surface area (Å²) >= 11 is 0. The predicted molar refractivity (Wildman–Crippen MR) is 59.7 cm³/mol. The minimum Gasteiger partial charge on any atom is -0.344 e. The fourth-order valence-electron chi connectivity index (χ4n) is 0.922. The van der Waals surface area contributed by atoms with E-state index in [1.807, 2.05) is 13.8 Å². The van der Waals surface area contributed by atoms with Crippen molar-refractivity contribution in [3.8, 4) is 0 Å². The monoisotopic (exact) mass is 258 g/mol. The molecule has 0 heterocycles. The predicted octanol–water partition coefficient (Wildman–Crippen LogP) is 3.43. The van der Waals surface area contributed by atoms with Crippen molar-refractivity contribution in [2.75, 3.05) is 12.3 Å². The van der Waals surface area contributed by atoms with Crippen molar-refractivity contribution in [3.63, 3.8) is 0 Å². The van der Waals surface area contributed by atoms with Gasteiger partial charge in [-0.3, -0.25) is 4.57 Å². The lowest BCUT2D eigenvalue weighted by molar-refractivity contribution is 0.473. The van der Waals surface area contributed by atoms with E-state index in [1.165, 1.54) is 0 Å². The molecule has 0 fully saturated rings. The van der Waals surface area contributed by atoms with Crippen molar-refractivity contribution in [1.29, 1.82) is 0 Å². The van der Waals surface area contributed by atoms with Crippen LogP contribution in [0.1, 0.15) is 39.5 Å². The molecule has 0 unspecified atom stereocenters. The van der Waals surface area contributed by atoms with Crippen molar-refractivity contribution in [2.45, 2.75) is 39.5 Å². The first kappa shape index (κ1) is 15.2. The molecule has 1 N–H and O–H groups in total. The quantitative estimate of drug-likeness (QED) is 0.742.